The third kappa shape index (κ3) is 4.05. The molecule has 4 aromatic rings. The summed E-state index contributed by atoms with van der Waals surface area (Å²) in [6.45, 7) is 2.03. The van der Waals surface area contributed by atoms with Gasteiger partial charge in [-0.3, -0.25) is 4.79 Å². The van der Waals surface area contributed by atoms with Gasteiger partial charge < -0.3 is 4.42 Å². The molecule has 0 aliphatic rings. The van der Waals surface area contributed by atoms with Gasteiger partial charge in [0.2, 0.25) is 5.13 Å². The number of nitrogens with zero attached hydrogens (tertiary/aromatic N) is 3. The Morgan fingerprint density at radius 2 is 2.19 bits per heavy atom. The number of benzene rings is 1. The molecular weight excluding hydrogens is 378 g/mol. The summed E-state index contributed by atoms with van der Waals surface area (Å²) in [6.07, 6.45) is 6.35. The number of hydrogen-bond acceptors (Lipinski definition) is 6. The van der Waals surface area contributed by atoms with Gasteiger partial charge in [0.15, 0.2) is 0 Å². The van der Waals surface area contributed by atoms with Gasteiger partial charge in [0.1, 0.15) is 5.76 Å². The molecule has 0 atom stereocenters. The number of carbonyl (C=O) groups excluding carboxylic acids is 1. The fourth-order valence-electron chi connectivity index (χ4n) is 2.40. The SMILES string of the molecule is Cc1ccc2nc(N(/N=C/c3ccco3)C(=O)/C=C/c3cccs3)sc2c1. The maximum Gasteiger partial charge on any atom is 0.273 e. The van der Waals surface area contributed by atoms with Crippen molar-refractivity contribution in [1.29, 1.82) is 0 Å². The van der Waals surface area contributed by atoms with Gasteiger partial charge in [0.25, 0.3) is 5.91 Å². The first-order valence-corrected chi connectivity index (χ1v) is 9.89. The summed E-state index contributed by atoms with van der Waals surface area (Å²) in [5.41, 5.74) is 1.99. The van der Waals surface area contributed by atoms with Crippen molar-refractivity contribution in [3.8, 4) is 0 Å². The highest BCUT2D eigenvalue weighted by atomic mass is 32.1. The molecule has 1 aromatic carbocycles. The van der Waals surface area contributed by atoms with E-state index >= 15 is 0 Å². The lowest BCUT2D eigenvalue weighted by Crippen LogP contribution is -2.23. The third-order valence-electron chi connectivity index (χ3n) is 3.70. The van der Waals surface area contributed by atoms with Crippen LogP contribution in [0, 0.1) is 6.92 Å². The zero-order chi connectivity index (χ0) is 18.6. The van der Waals surface area contributed by atoms with Gasteiger partial charge >= 0.3 is 0 Å². The first-order chi connectivity index (χ1) is 13.2. The van der Waals surface area contributed by atoms with Crippen LogP contribution in [0.25, 0.3) is 16.3 Å². The number of aromatic nitrogens is 1. The van der Waals surface area contributed by atoms with Crippen LogP contribution in [-0.2, 0) is 4.79 Å². The molecule has 7 heteroatoms. The summed E-state index contributed by atoms with van der Waals surface area (Å²) in [4.78, 5) is 18.4. The average Bonchev–Trinajstić information content (AvgIpc) is 3.41. The van der Waals surface area contributed by atoms with Crippen molar-refractivity contribution in [2.75, 3.05) is 5.01 Å². The fraction of sp³-hybridized carbons (Fsp3) is 0.0500. The summed E-state index contributed by atoms with van der Waals surface area (Å²) < 4.78 is 6.28. The number of thiazole rings is 1. The van der Waals surface area contributed by atoms with Gasteiger partial charge in [-0.2, -0.15) is 10.1 Å². The first-order valence-electron chi connectivity index (χ1n) is 8.19. The molecule has 3 aromatic heterocycles. The van der Waals surface area contributed by atoms with Crippen molar-refractivity contribution in [2.45, 2.75) is 6.92 Å². The van der Waals surface area contributed by atoms with E-state index in [9.17, 15) is 4.79 Å². The number of furan rings is 1. The van der Waals surface area contributed by atoms with E-state index in [1.165, 1.54) is 28.6 Å². The van der Waals surface area contributed by atoms with Crippen LogP contribution in [0.4, 0.5) is 5.13 Å². The Morgan fingerprint density at radius 3 is 2.96 bits per heavy atom. The number of rotatable bonds is 5. The van der Waals surface area contributed by atoms with Crippen molar-refractivity contribution in [3.05, 3.63) is 76.4 Å². The average molecular weight is 393 g/mol. The Labute approximate surface area is 163 Å². The van der Waals surface area contributed by atoms with Crippen molar-refractivity contribution in [1.82, 2.24) is 4.98 Å². The van der Waals surface area contributed by atoms with Crippen LogP contribution in [0.1, 0.15) is 16.2 Å². The van der Waals surface area contributed by atoms with E-state index in [1.807, 2.05) is 36.6 Å². The molecule has 0 unspecified atom stereocenters. The zero-order valence-corrected chi connectivity index (χ0v) is 16.0. The van der Waals surface area contributed by atoms with Crippen LogP contribution in [-0.4, -0.2) is 17.1 Å². The van der Waals surface area contributed by atoms with E-state index < -0.39 is 0 Å². The minimum absolute atomic E-state index is 0.276. The third-order valence-corrected chi connectivity index (χ3v) is 5.53. The largest absolute Gasteiger partial charge is 0.463 e. The molecule has 0 aliphatic carbocycles. The molecule has 3 heterocycles. The predicted octanol–water partition coefficient (Wildman–Crippen LogP) is 5.34. The Hall–Kier alpha value is -3.03. The molecule has 0 radical (unpaired) electrons. The molecule has 134 valence electrons. The maximum absolute atomic E-state index is 12.8. The van der Waals surface area contributed by atoms with Crippen molar-refractivity contribution >= 4 is 56.2 Å². The summed E-state index contributed by atoms with van der Waals surface area (Å²) in [6, 6.07) is 13.4. The molecule has 1 amide bonds. The number of hydrazone groups is 1. The van der Waals surface area contributed by atoms with Gasteiger partial charge in [-0.05, 0) is 54.3 Å². The topological polar surface area (TPSA) is 58.7 Å². The van der Waals surface area contributed by atoms with Crippen molar-refractivity contribution in [3.63, 3.8) is 0 Å². The summed E-state index contributed by atoms with van der Waals surface area (Å²) >= 11 is 2.99. The molecule has 0 spiro atoms. The molecule has 0 fully saturated rings. The zero-order valence-electron chi connectivity index (χ0n) is 14.4. The Balaban J connectivity index is 1.68. The predicted molar refractivity (Wildman–Crippen MR) is 111 cm³/mol. The normalized spacial score (nSPS) is 11.7. The van der Waals surface area contributed by atoms with E-state index in [0.29, 0.717) is 10.9 Å². The molecule has 0 bridgehead atoms. The van der Waals surface area contributed by atoms with Crippen LogP contribution in [0.2, 0.25) is 0 Å². The summed E-state index contributed by atoms with van der Waals surface area (Å²) in [7, 11) is 0. The highest BCUT2D eigenvalue weighted by Gasteiger charge is 2.17. The van der Waals surface area contributed by atoms with Crippen LogP contribution in [0.15, 0.2) is 69.7 Å². The summed E-state index contributed by atoms with van der Waals surface area (Å²) in [5.74, 6) is 0.286. The molecule has 27 heavy (non-hydrogen) atoms. The second kappa shape index (κ2) is 7.69. The lowest BCUT2D eigenvalue weighted by Gasteiger charge is -2.10. The van der Waals surface area contributed by atoms with E-state index in [4.69, 9.17) is 4.42 Å². The Kier molecular flexibility index (Phi) is 4.95. The van der Waals surface area contributed by atoms with Crippen LogP contribution < -0.4 is 5.01 Å². The highest BCUT2D eigenvalue weighted by Crippen LogP contribution is 2.30. The first kappa shape index (κ1) is 17.4. The number of carbonyl (C=O) groups is 1. The lowest BCUT2D eigenvalue weighted by molar-refractivity contribution is -0.114. The number of anilines is 1. The number of hydrogen-bond donors (Lipinski definition) is 0. The van der Waals surface area contributed by atoms with E-state index in [-0.39, 0.29) is 5.91 Å². The molecule has 4 rings (SSSR count). The standard InChI is InChI=1S/C20H15N3O2S2/c1-14-6-8-17-18(12-14)27-20(22-17)23(21-13-15-4-2-10-25-15)19(24)9-7-16-5-3-11-26-16/h2-13H,1H3/b9-7+,21-13+. The molecule has 0 N–H and O–H groups in total. The molecular formula is C20H15N3O2S2. The van der Waals surface area contributed by atoms with Crippen molar-refractivity contribution in [2.24, 2.45) is 5.10 Å². The van der Waals surface area contributed by atoms with Crippen LogP contribution in [0.5, 0.6) is 0 Å². The Morgan fingerprint density at radius 1 is 1.26 bits per heavy atom. The molecule has 0 saturated heterocycles. The number of amides is 1. The van der Waals surface area contributed by atoms with Gasteiger partial charge in [0, 0.05) is 11.0 Å². The smallest absolute Gasteiger partial charge is 0.273 e. The minimum atomic E-state index is -0.276. The summed E-state index contributed by atoms with van der Waals surface area (Å²) in [5, 5.41) is 8.10. The van der Waals surface area contributed by atoms with E-state index in [0.717, 1.165) is 20.7 Å². The lowest BCUT2D eigenvalue weighted by atomic mass is 10.2. The van der Waals surface area contributed by atoms with Crippen molar-refractivity contribution < 1.29 is 9.21 Å². The minimum Gasteiger partial charge on any atom is -0.463 e. The van der Waals surface area contributed by atoms with Gasteiger partial charge in [0.05, 0.1) is 22.7 Å². The Bertz CT molecular complexity index is 1110. The quantitative estimate of drug-likeness (QED) is 0.261. The van der Waals surface area contributed by atoms with Gasteiger partial charge in [-0.25, -0.2) is 4.98 Å². The maximum atomic E-state index is 12.8. The number of aryl methyl sites for hydroxylation is 1. The van der Waals surface area contributed by atoms with Crippen LogP contribution in [0.3, 0.4) is 0 Å². The second-order valence-electron chi connectivity index (χ2n) is 5.73. The van der Waals surface area contributed by atoms with E-state index in [1.54, 1.807) is 35.8 Å². The van der Waals surface area contributed by atoms with Gasteiger partial charge in [-0.15, -0.1) is 11.3 Å². The monoisotopic (exact) mass is 393 g/mol. The highest BCUT2D eigenvalue weighted by molar-refractivity contribution is 7.22. The fourth-order valence-corrected chi connectivity index (χ4v) is 4.05. The molecule has 5 nitrogen and oxygen atoms in total. The molecule has 0 saturated carbocycles. The van der Waals surface area contributed by atoms with Gasteiger partial charge in [-0.1, -0.05) is 23.5 Å². The van der Waals surface area contributed by atoms with E-state index in [2.05, 4.69) is 16.2 Å². The molecule has 0 aliphatic heterocycles. The second-order valence-corrected chi connectivity index (χ2v) is 7.71. The number of fused-ring (bicyclic) bond motifs is 1. The number of thiophene rings is 1. The van der Waals surface area contributed by atoms with Crippen LogP contribution >= 0.6 is 22.7 Å².